The van der Waals surface area contributed by atoms with Crippen LogP contribution >= 0.6 is 23.2 Å². The van der Waals surface area contributed by atoms with Gasteiger partial charge in [0.05, 0.1) is 28.8 Å². The largest absolute Gasteiger partial charge is 0.466 e. The van der Waals surface area contributed by atoms with Crippen LogP contribution in [-0.4, -0.2) is 18.5 Å². The van der Waals surface area contributed by atoms with E-state index in [9.17, 15) is 9.59 Å². The molecule has 6 heteroatoms. The van der Waals surface area contributed by atoms with Crippen molar-refractivity contribution in [2.45, 2.75) is 19.8 Å². The maximum absolute atomic E-state index is 11.6. The monoisotopic (exact) mass is 289 g/mol. The molecule has 0 unspecified atom stereocenters. The van der Waals surface area contributed by atoms with E-state index in [1.165, 1.54) is 0 Å². The number of anilines is 1. The Balaban J connectivity index is 2.52. The second-order valence-electron chi connectivity index (χ2n) is 3.45. The summed E-state index contributed by atoms with van der Waals surface area (Å²) in [6.07, 6.45) is 0.0577. The van der Waals surface area contributed by atoms with Gasteiger partial charge in [-0.25, -0.2) is 0 Å². The lowest BCUT2D eigenvalue weighted by Gasteiger charge is -2.08. The number of carbonyl (C=O) groups excluding carboxylic acids is 2. The number of halogens is 2. The van der Waals surface area contributed by atoms with Crippen molar-refractivity contribution in [2.75, 3.05) is 11.9 Å². The molecule has 0 aliphatic heterocycles. The van der Waals surface area contributed by atoms with Gasteiger partial charge < -0.3 is 10.1 Å². The predicted octanol–water partition coefficient (Wildman–Crippen LogP) is 3.28. The molecule has 0 heterocycles. The first-order valence-electron chi connectivity index (χ1n) is 5.44. The van der Waals surface area contributed by atoms with E-state index in [1.807, 2.05) is 0 Å². The minimum Gasteiger partial charge on any atom is -0.466 e. The molecule has 1 aromatic carbocycles. The maximum atomic E-state index is 11.6. The van der Waals surface area contributed by atoms with Gasteiger partial charge in [0.25, 0.3) is 0 Å². The highest BCUT2D eigenvalue weighted by atomic mass is 35.5. The topological polar surface area (TPSA) is 55.4 Å². The smallest absolute Gasteiger partial charge is 0.306 e. The molecule has 0 saturated carbocycles. The van der Waals surface area contributed by atoms with Crippen LogP contribution in [0.1, 0.15) is 19.8 Å². The van der Waals surface area contributed by atoms with Crippen molar-refractivity contribution in [3.63, 3.8) is 0 Å². The molecule has 18 heavy (non-hydrogen) atoms. The number of nitrogens with one attached hydrogen (secondary N) is 1. The van der Waals surface area contributed by atoms with Gasteiger partial charge in [-0.3, -0.25) is 9.59 Å². The van der Waals surface area contributed by atoms with Crippen molar-refractivity contribution >= 4 is 40.8 Å². The van der Waals surface area contributed by atoms with E-state index in [4.69, 9.17) is 27.9 Å². The summed E-state index contributed by atoms with van der Waals surface area (Å²) >= 11 is 11.8. The number of benzene rings is 1. The standard InChI is InChI=1S/C12H13Cl2NO3/c1-2-18-11(17)7-6-10(16)15-12-8(13)4-3-5-9(12)14/h3-5H,2,6-7H2,1H3,(H,15,16). The zero-order valence-corrected chi connectivity index (χ0v) is 11.3. The third-order valence-electron chi connectivity index (χ3n) is 2.09. The minimum absolute atomic E-state index is 0.0282. The van der Waals surface area contributed by atoms with Gasteiger partial charge in [-0.1, -0.05) is 29.3 Å². The van der Waals surface area contributed by atoms with Crippen LogP contribution in [0.15, 0.2) is 18.2 Å². The van der Waals surface area contributed by atoms with Crippen molar-refractivity contribution in [2.24, 2.45) is 0 Å². The van der Waals surface area contributed by atoms with Crippen LogP contribution in [0.2, 0.25) is 10.0 Å². The van der Waals surface area contributed by atoms with Gasteiger partial charge >= 0.3 is 5.97 Å². The lowest BCUT2D eigenvalue weighted by molar-refractivity contribution is -0.144. The molecule has 0 saturated heterocycles. The highest BCUT2D eigenvalue weighted by Gasteiger charge is 2.11. The second-order valence-corrected chi connectivity index (χ2v) is 4.26. The molecule has 1 rings (SSSR count). The SMILES string of the molecule is CCOC(=O)CCC(=O)Nc1c(Cl)cccc1Cl. The number of para-hydroxylation sites is 1. The third kappa shape index (κ3) is 4.55. The van der Waals surface area contributed by atoms with Crippen molar-refractivity contribution in [1.29, 1.82) is 0 Å². The van der Waals surface area contributed by atoms with E-state index >= 15 is 0 Å². The molecular formula is C12H13Cl2NO3. The molecule has 1 aromatic rings. The van der Waals surface area contributed by atoms with Gasteiger partial charge in [0, 0.05) is 6.42 Å². The second kappa shape index (κ2) is 7.24. The van der Waals surface area contributed by atoms with Crippen LogP contribution in [0.5, 0.6) is 0 Å². The Morgan fingerprint density at radius 3 is 2.39 bits per heavy atom. The number of amides is 1. The number of hydrogen-bond donors (Lipinski definition) is 1. The Morgan fingerprint density at radius 1 is 1.22 bits per heavy atom. The van der Waals surface area contributed by atoms with Gasteiger partial charge in [0.1, 0.15) is 0 Å². The zero-order chi connectivity index (χ0) is 13.5. The fourth-order valence-electron chi connectivity index (χ4n) is 1.27. The van der Waals surface area contributed by atoms with Gasteiger partial charge in [0.2, 0.25) is 5.91 Å². The molecule has 1 N–H and O–H groups in total. The molecule has 0 spiro atoms. The van der Waals surface area contributed by atoms with Crippen molar-refractivity contribution in [1.82, 2.24) is 0 Å². The summed E-state index contributed by atoms with van der Waals surface area (Å²) in [6, 6.07) is 4.92. The molecule has 1 amide bonds. The summed E-state index contributed by atoms with van der Waals surface area (Å²) in [6.45, 7) is 2.01. The van der Waals surface area contributed by atoms with E-state index in [1.54, 1.807) is 25.1 Å². The van der Waals surface area contributed by atoms with Crippen LogP contribution in [0.4, 0.5) is 5.69 Å². The van der Waals surface area contributed by atoms with Gasteiger partial charge in [0.15, 0.2) is 0 Å². The number of esters is 1. The summed E-state index contributed by atoms with van der Waals surface area (Å²) in [7, 11) is 0. The van der Waals surface area contributed by atoms with E-state index in [-0.39, 0.29) is 18.7 Å². The summed E-state index contributed by atoms with van der Waals surface area (Å²) in [4.78, 5) is 22.7. The molecule has 0 atom stereocenters. The average Bonchev–Trinajstić information content (AvgIpc) is 2.32. The molecule has 98 valence electrons. The average molecular weight is 290 g/mol. The van der Waals surface area contributed by atoms with Crippen molar-refractivity contribution in [3.8, 4) is 0 Å². The van der Waals surface area contributed by atoms with Gasteiger partial charge in [-0.15, -0.1) is 0 Å². The normalized spacial score (nSPS) is 9.94. The molecule has 0 fully saturated rings. The Morgan fingerprint density at radius 2 is 1.83 bits per heavy atom. The molecule has 0 bridgehead atoms. The minimum atomic E-state index is -0.405. The molecule has 0 aromatic heterocycles. The van der Waals surface area contributed by atoms with Gasteiger partial charge in [-0.05, 0) is 19.1 Å². The lowest BCUT2D eigenvalue weighted by Crippen LogP contribution is -2.15. The predicted molar refractivity (Wildman–Crippen MR) is 71.0 cm³/mol. The third-order valence-corrected chi connectivity index (χ3v) is 2.72. The highest BCUT2D eigenvalue weighted by Crippen LogP contribution is 2.29. The summed E-state index contributed by atoms with van der Waals surface area (Å²) in [5.74, 6) is -0.740. The first-order chi connectivity index (χ1) is 8.54. The van der Waals surface area contributed by atoms with Crippen LogP contribution < -0.4 is 5.32 Å². The first kappa shape index (κ1) is 14.8. The fraction of sp³-hybridized carbons (Fsp3) is 0.333. The Bertz CT molecular complexity index is 429. The molecule has 0 aliphatic rings. The number of hydrogen-bond acceptors (Lipinski definition) is 3. The maximum Gasteiger partial charge on any atom is 0.306 e. The van der Waals surface area contributed by atoms with Gasteiger partial charge in [-0.2, -0.15) is 0 Å². The first-order valence-corrected chi connectivity index (χ1v) is 6.19. The molecular weight excluding hydrogens is 277 g/mol. The van der Waals surface area contributed by atoms with E-state index in [0.717, 1.165) is 0 Å². The molecule has 0 aliphatic carbocycles. The number of ether oxygens (including phenoxy) is 1. The van der Waals surface area contributed by atoms with E-state index < -0.39 is 5.97 Å². The van der Waals surface area contributed by atoms with Crippen LogP contribution in [0.25, 0.3) is 0 Å². The van der Waals surface area contributed by atoms with Crippen LogP contribution in [0, 0.1) is 0 Å². The van der Waals surface area contributed by atoms with Crippen molar-refractivity contribution < 1.29 is 14.3 Å². The summed E-state index contributed by atoms with van der Waals surface area (Å²) in [5, 5.41) is 3.27. The highest BCUT2D eigenvalue weighted by molar-refractivity contribution is 6.39. The summed E-state index contributed by atoms with van der Waals surface area (Å²) < 4.78 is 4.72. The Labute approximate surface area is 115 Å². The molecule has 0 radical (unpaired) electrons. The van der Waals surface area contributed by atoms with Crippen molar-refractivity contribution in [3.05, 3.63) is 28.2 Å². The number of rotatable bonds is 5. The van der Waals surface area contributed by atoms with Crippen LogP contribution in [-0.2, 0) is 14.3 Å². The number of carbonyl (C=O) groups is 2. The summed E-state index contributed by atoms with van der Waals surface area (Å²) in [5.41, 5.74) is 0.356. The van der Waals surface area contributed by atoms with E-state index in [2.05, 4.69) is 5.32 Å². The molecule has 4 nitrogen and oxygen atoms in total. The van der Waals surface area contributed by atoms with E-state index in [0.29, 0.717) is 22.3 Å². The Hall–Kier alpha value is -1.26. The van der Waals surface area contributed by atoms with Crippen LogP contribution in [0.3, 0.4) is 0 Å². The Kier molecular flexibility index (Phi) is 5.95. The quantitative estimate of drug-likeness (QED) is 0.847. The fourth-order valence-corrected chi connectivity index (χ4v) is 1.76. The lowest BCUT2D eigenvalue weighted by atomic mass is 10.2. The zero-order valence-electron chi connectivity index (χ0n) is 9.83.